The lowest BCUT2D eigenvalue weighted by Crippen LogP contribution is -2.41. The number of rotatable bonds is 3. The Morgan fingerprint density at radius 2 is 1.57 bits per heavy atom. The van der Waals surface area contributed by atoms with Gasteiger partial charge in [0.25, 0.3) is 6.01 Å². The smallest absolute Gasteiger partial charge is 0.424 e. The van der Waals surface area contributed by atoms with Gasteiger partial charge in [-0.3, -0.25) is 0 Å². The molecule has 4 rings (SSSR count). The highest BCUT2D eigenvalue weighted by Gasteiger charge is 2.51. The van der Waals surface area contributed by atoms with Gasteiger partial charge >= 0.3 is 13.5 Å². The zero-order chi connectivity index (χ0) is 21.9. The summed E-state index contributed by atoms with van der Waals surface area (Å²) in [6.07, 6.45) is -4.86. The lowest BCUT2D eigenvalue weighted by molar-refractivity contribution is -0.274. The standard InChI is InChI=1S/C20H20BF3N2O4/c1-18(2)19(3,4)30-21(29-18)12-7-5-11(6-8-12)15-13(28-20(22,23)24)9-10-14-16(15)26-17(25)27-14/h5-10H,1-4H3,(H2,25,26). The van der Waals surface area contributed by atoms with Gasteiger partial charge in [0.1, 0.15) is 11.3 Å². The van der Waals surface area contributed by atoms with Gasteiger partial charge in [0, 0.05) is 0 Å². The lowest BCUT2D eigenvalue weighted by atomic mass is 9.78. The summed E-state index contributed by atoms with van der Waals surface area (Å²) < 4.78 is 60.3. The van der Waals surface area contributed by atoms with Crippen LogP contribution in [-0.2, 0) is 9.31 Å². The summed E-state index contributed by atoms with van der Waals surface area (Å²) >= 11 is 0. The number of hydrogen-bond donors (Lipinski definition) is 1. The van der Waals surface area contributed by atoms with Crippen LogP contribution in [0, 0.1) is 0 Å². The molecule has 2 aromatic carbocycles. The number of nitrogen functional groups attached to an aromatic ring is 1. The number of aromatic nitrogens is 1. The minimum atomic E-state index is -4.86. The largest absolute Gasteiger partial charge is 0.573 e. The molecule has 0 radical (unpaired) electrons. The zero-order valence-corrected chi connectivity index (χ0v) is 16.8. The van der Waals surface area contributed by atoms with Crippen molar-refractivity contribution in [3.05, 3.63) is 36.4 Å². The Balaban J connectivity index is 1.75. The van der Waals surface area contributed by atoms with E-state index >= 15 is 0 Å². The Bertz CT molecular complexity index is 1080. The number of benzene rings is 2. The van der Waals surface area contributed by atoms with Gasteiger partial charge in [-0.15, -0.1) is 13.2 Å². The van der Waals surface area contributed by atoms with E-state index in [1.165, 1.54) is 12.1 Å². The molecule has 0 saturated carbocycles. The van der Waals surface area contributed by atoms with E-state index in [1.54, 1.807) is 24.3 Å². The van der Waals surface area contributed by atoms with E-state index < -0.39 is 30.4 Å². The summed E-state index contributed by atoms with van der Waals surface area (Å²) in [5.41, 5.74) is 6.34. The zero-order valence-electron chi connectivity index (χ0n) is 16.8. The van der Waals surface area contributed by atoms with E-state index in [4.69, 9.17) is 19.5 Å². The van der Waals surface area contributed by atoms with Crippen LogP contribution in [0.15, 0.2) is 40.8 Å². The van der Waals surface area contributed by atoms with E-state index in [0.717, 1.165) is 5.46 Å². The molecule has 2 N–H and O–H groups in total. The molecule has 1 aliphatic rings. The van der Waals surface area contributed by atoms with Crippen molar-refractivity contribution in [3.63, 3.8) is 0 Å². The van der Waals surface area contributed by atoms with Crippen molar-refractivity contribution in [2.24, 2.45) is 0 Å². The maximum Gasteiger partial charge on any atom is 0.573 e. The quantitative estimate of drug-likeness (QED) is 0.638. The predicted octanol–water partition coefficient (Wildman–Crippen LogP) is 4.27. The average molecular weight is 420 g/mol. The Labute approximate surface area is 171 Å². The highest BCUT2D eigenvalue weighted by Crippen LogP contribution is 2.40. The number of oxazole rings is 1. The van der Waals surface area contributed by atoms with Crippen LogP contribution >= 0.6 is 0 Å². The fraction of sp³-hybridized carbons (Fsp3) is 0.350. The van der Waals surface area contributed by atoms with Crippen LogP contribution in [0.3, 0.4) is 0 Å². The molecule has 1 aliphatic heterocycles. The van der Waals surface area contributed by atoms with Gasteiger partial charge in [0.2, 0.25) is 0 Å². The number of fused-ring (bicyclic) bond motifs is 1. The van der Waals surface area contributed by atoms with Gasteiger partial charge in [-0.25, -0.2) is 0 Å². The van der Waals surface area contributed by atoms with Crippen LogP contribution in [0.1, 0.15) is 27.7 Å². The van der Waals surface area contributed by atoms with Gasteiger partial charge in [-0.1, -0.05) is 24.3 Å². The van der Waals surface area contributed by atoms with Crippen molar-refractivity contribution in [2.45, 2.75) is 45.3 Å². The lowest BCUT2D eigenvalue weighted by Gasteiger charge is -2.32. The van der Waals surface area contributed by atoms with Crippen LogP contribution in [0.25, 0.3) is 22.2 Å². The van der Waals surface area contributed by atoms with Crippen molar-refractivity contribution in [3.8, 4) is 16.9 Å². The van der Waals surface area contributed by atoms with Crippen LogP contribution < -0.4 is 15.9 Å². The topological polar surface area (TPSA) is 79.7 Å². The second-order valence-corrected chi connectivity index (χ2v) is 8.10. The molecular formula is C20H20BF3N2O4. The molecule has 1 saturated heterocycles. The van der Waals surface area contributed by atoms with E-state index in [1.807, 2.05) is 27.7 Å². The Morgan fingerprint density at radius 3 is 2.13 bits per heavy atom. The van der Waals surface area contributed by atoms with Crippen LogP contribution in [0.2, 0.25) is 0 Å². The number of alkyl halides is 3. The minimum absolute atomic E-state index is 0.130. The monoisotopic (exact) mass is 420 g/mol. The van der Waals surface area contributed by atoms with Gasteiger partial charge < -0.3 is 24.2 Å². The first-order chi connectivity index (χ1) is 13.9. The van der Waals surface area contributed by atoms with Crippen molar-refractivity contribution in [2.75, 3.05) is 5.73 Å². The normalized spacial score (nSPS) is 18.2. The summed E-state index contributed by atoms with van der Waals surface area (Å²) in [5, 5.41) is 0. The Hall–Kier alpha value is -2.72. The van der Waals surface area contributed by atoms with Gasteiger partial charge in [0.05, 0.1) is 16.8 Å². The molecule has 6 nitrogen and oxygen atoms in total. The Kier molecular flexibility index (Phi) is 4.55. The summed E-state index contributed by atoms with van der Waals surface area (Å²) in [6, 6.07) is 9.14. The first kappa shape index (κ1) is 20.6. The molecule has 1 fully saturated rings. The van der Waals surface area contributed by atoms with Crippen LogP contribution in [0.4, 0.5) is 19.2 Å². The molecule has 0 unspecified atom stereocenters. The second kappa shape index (κ2) is 6.65. The van der Waals surface area contributed by atoms with Crippen LogP contribution in [0.5, 0.6) is 5.75 Å². The molecule has 0 spiro atoms. The molecule has 30 heavy (non-hydrogen) atoms. The minimum Gasteiger partial charge on any atom is -0.424 e. The fourth-order valence-electron chi connectivity index (χ4n) is 3.27. The summed E-state index contributed by atoms with van der Waals surface area (Å²) in [5.74, 6) is -0.397. The number of nitrogens with zero attached hydrogens (tertiary/aromatic N) is 1. The molecule has 0 bridgehead atoms. The maximum absolute atomic E-state index is 12.9. The second-order valence-electron chi connectivity index (χ2n) is 8.10. The maximum atomic E-state index is 12.9. The van der Waals surface area contributed by atoms with E-state index in [2.05, 4.69) is 9.72 Å². The van der Waals surface area contributed by atoms with Crippen molar-refractivity contribution < 1.29 is 31.6 Å². The fourth-order valence-corrected chi connectivity index (χ4v) is 3.27. The molecule has 0 amide bonds. The first-order valence-corrected chi connectivity index (χ1v) is 9.27. The van der Waals surface area contributed by atoms with Gasteiger partial charge in [0.15, 0.2) is 5.58 Å². The molecule has 0 aliphatic carbocycles. The first-order valence-electron chi connectivity index (χ1n) is 9.27. The van der Waals surface area contributed by atoms with Crippen molar-refractivity contribution in [1.29, 1.82) is 0 Å². The summed E-state index contributed by atoms with van der Waals surface area (Å²) in [7, 11) is -0.589. The van der Waals surface area contributed by atoms with Gasteiger partial charge in [-0.05, 0) is 50.9 Å². The highest BCUT2D eigenvalue weighted by molar-refractivity contribution is 6.62. The molecule has 0 atom stereocenters. The number of hydrogen-bond acceptors (Lipinski definition) is 6. The molecule has 1 aromatic heterocycles. The highest BCUT2D eigenvalue weighted by atomic mass is 19.4. The van der Waals surface area contributed by atoms with E-state index in [9.17, 15) is 13.2 Å². The number of ether oxygens (including phenoxy) is 1. The Morgan fingerprint density at radius 1 is 0.967 bits per heavy atom. The number of nitrogens with two attached hydrogens (primary N) is 1. The predicted molar refractivity (Wildman–Crippen MR) is 106 cm³/mol. The molecular weight excluding hydrogens is 400 g/mol. The summed E-state index contributed by atoms with van der Waals surface area (Å²) in [4.78, 5) is 4.03. The molecule has 158 valence electrons. The van der Waals surface area contributed by atoms with E-state index in [-0.39, 0.29) is 22.7 Å². The third-order valence-corrected chi connectivity index (χ3v) is 5.49. The molecule has 3 aromatic rings. The molecule has 2 heterocycles. The van der Waals surface area contributed by atoms with Gasteiger partial charge in [-0.2, -0.15) is 4.98 Å². The molecule has 10 heteroatoms. The SMILES string of the molecule is CC1(C)OB(c2ccc(-c3c(OC(F)(F)F)ccc4oc(N)nc34)cc2)OC1(C)C. The summed E-state index contributed by atoms with van der Waals surface area (Å²) in [6.45, 7) is 7.77. The van der Waals surface area contributed by atoms with Crippen molar-refractivity contribution >= 4 is 29.7 Å². The third kappa shape index (κ3) is 3.61. The number of anilines is 1. The number of halogens is 3. The third-order valence-electron chi connectivity index (χ3n) is 5.49. The van der Waals surface area contributed by atoms with Crippen molar-refractivity contribution in [1.82, 2.24) is 4.98 Å². The van der Waals surface area contributed by atoms with Crippen LogP contribution in [-0.4, -0.2) is 29.7 Å². The average Bonchev–Trinajstić information content (AvgIpc) is 3.09. The van der Waals surface area contributed by atoms with E-state index in [0.29, 0.717) is 5.56 Å².